The lowest BCUT2D eigenvalue weighted by Gasteiger charge is -2.15. The van der Waals surface area contributed by atoms with E-state index in [0.29, 0.717) is 6.04 Å². The molecule has 17 heavy (non-hydrogen) atoms. The van der Waals surface area contributed by atoms with Gasteiger partial charge in [0.2, 0.25) is 0 Å². The van der Waals surface area contributed by atoms with Crippen LogP contribution in [0.2, 0.25) is 0 Å². The van der Waals surface area contributed by atoms with Crippen LogP contribution in [0.25, 0.3) is 0 Å². The van der Waals surface area contributed by atoms with Gasteiger partial charge in [0, 0.05) is 12.5 Å². The largest absolute Gasteiger partial charge is 0.271 e. The van der Waals surface area contributed by atoms with Crippen LogP contribution in [0.5, 0.6) is 0 Å². The Bertz CT molecular complexity index is 365. The Balaban J connectivity index is 2.34. The van der Waals surface area contributed by atoms with E-state index >= 15 is 0 Å². The smallest absolute Gasteiger partial charge is 0.0214 e. The van der Waals surface area contributed by atoms with Crippen molar-refractivity contribution < 1.29 is 0 Å². The molecule has 0 fully saturated rings. The summed E-state index contributed by atoms with van der Waals surface area (Å²) in [7, 11) is 0. The number of unbranched alkanes of at least 4 members (excludes halogenated alkanes) is 1. The molecule has 0 aromatic heterocycles. The minimum Gasteiger partial charge on any atom is -0.271 e. The third-order valence-corrected chi connectivity index (χ3v) is 2.97. The number of hydrazine groups is 1. The second-order valence-electron chi connectivity index (χ2n) is 4.49. The summed E-state index contributed by atoms with van der Waals surface area (Å²) in [6.07, 6.45) is 10.3. The normalized spacial score (nSPS) is 12.1. The summed E-state index contributed by atoms with van der Waals surface area (Å²) >= 11 is 0. The van der Waals surface area contributed by atoms with Gasteiger partial charge in [-0.15, -0.1) is 12.3 Å². The van der Waals surface area contributed by atoms with Crippen LogP contribution in [0, 0.1) is 19.3 Å². The Labute approximate surface area is 105 Å². The molecule has 1 rings (SSSR count). The van der Waals surface area contributed by atoms with Crippen LogP contribution in [0.3, 0.4) is 0 Å². The van der Waals surface area contributed by atoms with Crippen molar-refractivity contribution in [1.29, 1.82) is 0 Å². The van der Waals surface area contributed by atoms with Crippen LogP contribution in [-0.2, 0) is 6.42 Å². The van der Waals surface area contributed by atoms with Crippen molar-refractivity contribution in [2.75, 3.05) is 0 Å². The van der Waals surface area contributed by atoms with Crippen molar-refractivity contribution in [2.24, 2.45) is 5.84 Å². The first-order valence-electron chi connectivity index (χ1n) is 6.21. The number of benzene rings is 1. The lowest BCUT2D eigenvalue weighted by molar-refractivity contribution is 0.454. The van der Waals surface area contributed by atoms with Gasteiger partial charge in [0.15, 0.2) is 0 Å². The van der Waals surface area contributed by atoms with Gasteiger partial charge >= 0.3 is 0 Å². The molecule has 2 nitrogen and oxygen atoms in total. The van der Waals surface area contributed by atoms with Gasteiger partial charge in [-0.05, 0) is 38.2 Å². The van der Waals surface area contributed by atoms with Crippen molar-refractivity contribution in [2.45, 2.75) is 45.1 Å². The van der Waals surface area contributed by atoms with Gasteiger partial charge in [-0.1, -0.05) is 29.8 Å². The van der Waals surface area contributed by atoms with Gasteiger partial charge in [0.25, 0.3) is 0 Å². The summed E-state index contributed by atoms with van der Waals surface area (Å²) in [5.74, 6) is 8.21. The predicted molar refractivity (Wildman–Crippen MR) is 73.3 cm³/mol. The first kappa shape index (κ1) is 13.8. The summed E-state index contributed by atoms with van der Waals surface area (Å²) in [5.41, 5.74) is 5.57. The summed E-state index contributed by atoms with van der Waals surface area (Å²) in [4.78, 5) is 0. The fourth-order valence-electron chi connectivity index (χ4n) is 1.97. The van der Waals surface area contributed by atoms with E-state index in [4.69, 9.17) is 12.3 Å². The highest BCUT2D eigenvalue weighted by Crippen LogP contribution is 2.10. The molecule has 0 bridgehead atoms. The maximum atomic E-state index is 5.55. The van der Waals surface area contributed by atoms with Crippen LogP contribution in [0.4, 0.5) is 0 Å². The standard InChI is InChI=1S/C15H22N2/c1-3-4-5-9-15(17-16)11-10-14-8-6-7-13(2)12-14/h1,6-8,12,15,17H,4-5,9-11,16H2,2H3. The zero-order chi connectivity index (χ0) is 12.5. The lowest BCUT2D eigenvalue weighted by Crippen LogP contribution is -2.35. The molecule has 1 atom stereocenters. The molecule has 92 valence electrons. The molecule has 0 amide bonds. The second kappa shape index (κ2) is 7.89. The number of nitrogens with one attached hydrogen (secondary N) is 1. The second-order valence-corrected chi connectivity index (χ2v) is 4.49. The highest BCUT2D eigenvalue weighted by Gasteiger charge is 2.06. The molecule has 0 radical (unpaired) electrons. The number of nitrogens with two attached hydrogens (primary N) is 1. The van der Waals surface area contributed by atoms with Crippen LogP contribution in [-0.4, -0.2) is 6.04 Å². The highest BCUT2D eigenvalue weighted by atomic mass is 15.2. The van der Waals surface area contributed by atoms with E-state index < -0.39 is 0 Å². The van der Waals surface area contributed by atoms with E-state index in [0.717, 1.165) is 32.1 Å². The van der Waals surface area contributed by atoms with E-state index in [1.165, 1.54) is 11.1 Å². The Morgan fingerprint density at radius 1 is 1.41 bits per heavy atom. The molecule has 0 saturated carbocycles. The zero-order valence-electron chi connectivity index (χ0n) is 10.6. The molecule has 0 aliphatic heterocycles. The first-order valence-corrected chi connectivity index (χ1v) is 6.21. The van der Waals surface area contributed by atoms with Gasteiger partial charge in [-0.2, -0.15) is 0 Å². The average molecular weight is 230 g/mol. The van der Waals surface area contributed by atoms with E-state index in [2.05, 4.69) is 42.5 Å². The minimum absolute atomic E-state index is 0.365. The number of hydrogen-bond donors (Lipinski definition) is 2. The minimum atomic E-state index is 0.365. The first-order chi connectivity index (χ1) is 8.26. The molecule has 0 spiro atoms. The number of rotatable bonds is 7. The van der Waals surface area contributed by atoms with Gasteiger partial charge < -0.3 is 0 Å². The SMILES string of the molecule is C#CCCCC(CCc1cccc(C)c1)NN. The molecule has 0 saturated heterocycles. The molecule has 0 heterocycles. The fourth-order valence-corrected chi connectivity index (χ4v) is 1.97. The fraction of sp³-hybridized carbons (Fsp3) is 0.467. The van der Waals surface area contributed by atoms with E-state index in [1.54, 1.807) is 0 Å². The van der Waals surface area contributed by atoms with Gasteiger partial charge in [-0.3, -0.25) is 11.3 Å². The molecule has 2 heteroatoms. The predicted octanol–water partition coefficient (Wildman–Crippen LogP) is 2.56. The summed E-state index contributed by atoms with van der Waals surface area (Å²) in [6.45, 7) is 2.12. The Morgan fingerprint density at radius 2 is 2.24 bits per heavy atom. The quantitative estimate of drug-likeness (QED) is 0.327. The molecular formula is C15H22N2. The Morgan fingerprint density at radius 3 is 2.88 bits per heavy atom. The molecule has 0 aliphatic carbocycles. The maximum absolute atomic E-state index is 5.55. The van der Waals surface area contributed by atoms with Crippen LogP contribution >= 0.6 is 0 Å². The van der Waals surface area contributed by atoms with Crippen LogP contribution in [0.15, 0.2) is 24.3 Å². The van der Waals surface area contributed by atoms with Crippen LogP contribution in [0.1, 0.15) is 36.8 Å². The van der Waals surface area contributed by atoms with Crippen molar-refractivity contribution in [3.8, 4) is 12.3 Å². The summed E-state index contributed by atoms with van der Waals surface area (Å²) in [6, 6.07) is 8.99. The molecule has 1 aromatic rings. The molecule has 1 aromatic carbocycles. The van der Waals surface area contributed by atoms with E-state index in [9.17, 15) is 0 Å². The molecule has 1 unspecified atom stereocenters. The lowest BCUT2D eigenvalue weighted by atomic mass is 10.0. The van der Waals surface area contributed by atoms with E-state index in [-0.39, 0.29) is 0 Å². The Kier molecular flexibility index (Phi) is 6.39. The van der Waals surface area contributed by atoms with Gasteiger partial charge in [0.1, 0.15) is 0 Å². The molecule has 0 aliphatic rings. The van der Waals surface area contributed by atoms with E-state index in [1.807, 2.05) is 0 Å². The van der Waals surface area contributed by atoms with Crippen LogP contribution < -0.4 is 11.3 Å². The van der Waals surface area contributed by atoms with Crippen molar-refractivity contribution in [3.05, 3.63) is 35.4 Å². The third kappa shape index (κ3) is 5.53. The summed E-state index contributed by atoms with van der Waals surface area (Å²) < 4.78 is 0. The number of terminal acetylenes is 1. The molecular weight excluding hydrogens is 208 g/mol. The monoisotopic (exact) mass is 230 g/mol. The number of aryl methyl sites for hydroxylation is 2. The van der Waals surface area contributed by atoms with Crippen molar-refractivity contribution >= 4 is 0 Å². The Hall–Kier alpha value is -1.30. The van der Waals surface area contributed by atoms with Gasteiger partial charge in [-0.25, -0.2) is 0 Å². The maximum Gasteiger partial charge on any atom is 0.0214 e. The average Bonchev–Trinajstić information content (AvgIpc) is 2.34. The third-order valence-electron chi connectivity index (χ3n) is 2.97. The highest BCUT2D eigenvalue weighted by molar-refractivity contribution is 5.22. The zero-order valence-corrected chi connectivity index (χ0v) is 10.6. The summed E-state index contributed by atoms with van der Waals surface area (Å²) in [5, 5.41) is 0. The topological polar surface area (TPSA) is 38.0 Å². The number of hydrogen-bond acceptors (Lipinski definition) is 2. The van der Waals surface area contributed by atoms with Gasteiger partial charge in [0.05, 0.1) is 0 Å². The molecule has 3 N–H and O–H groups in total. The van der Waals surface area contributed by atoms with Crippen molar-refractivity contribution in [1.82, 2.24) is 5.43 Å². The van der Waals surface area contributed by atoms with Crippen molar-refractivity contribution in [3.63, 3.8) is 0 Å².